The number of rotatable bonds is 5. The van der Waals surface area contributed by atoms with Crippen molar-refractivity contribution in [2.75, 3.05) is 11.9 Å². The number of carbonyl (C=O) groups is 1. The molecule has 100 valence electrons. The van der Waals surface area contributed by atoms with Crippen LogP contribution in [0, 0.1) is 5.92 Å². The minimum atomic E-state index is -0.190. The van der Waals surface area contributed by atoms with Crippen LogP contribution in [0.4, 0.5) is 10.5 Å². The van der Waals surface area contributed by atoms with Gasteiger partial charge < -0.3 is 15.4 Å². The van der Waals surface area contributed by atoms with Gasteiger partial charge in [-0.05, 0) is 31.9 Å². The Hall–Kier alpha value is -1.71. The molecule has 4 heteroatoms. The smallest absolute Gasteiger partial charge is 0.319 e. The average Bonchev–Trinajstić information content (AvgIpc) is 2.29. The molecule has 0 saturated carbocycles. The van der Waals surface area contributed by atoms with E-state index in [1.165, 1.54) is 0 Å². The van der Waals surface area contributed by atoms with E-state index < -0.39 is 0 Å². The molecule has 0 aromatic heterocycles. The lowest BCUT2D eigenvalue weighted by atomic mass is 10.1. The normalized spacial score (nSPS) is 12.1. The van der Waals surface area contributed by atoms with E-state index in [4.69, 9.17) is 4.74 Å². The van der Waals surface area contributed by atoms with Crippen LogP contribution in [0.25, 0.3) is 0 Å². The third-order valence-electron chi connectivity index (χ3n) is 2.76. The summed E-state index contributed by atoms with van der Waals surface area (Å²) in [5.74, 6) is 1.16. The molecule has 0 aliphatic heterocycles. The summed E-state index contributed by atoms with van der Waals surface area (Å²) >= 11 is 0. The lowest BCUT2D eigenvalue weighted by Crippen LogP contribution is -2.38. The molecule has 0 aliphatic rings. The highest BCUT2D eigenvalue weighted by Gasteiger charge is 2.10. The molecule has 1 atom stereocenters. The van der Waals surface area contributed by atoms with E-state index in [0.29, 0.717) is 12.5 Å². The third kappa shape index (κ3) is 4.65. The number of hydrogen-bond acceptors (Lipinski definition) is 2. The van der Waals surface area contributed by atoms with E-state index >= 15 is 0 Å². The van der Waals surface area contributed by atoms with Crippen molar-refractivity contribution in [3.05, 3.63) is 24.3 Å². The zero-order chi connectivity index (χ0) is 13.5. The Morgan fingerprint density at radius 2 is 2.06 bits per heavy atom. The van der Waals surface area contributed by atoms with E-state index in [1.807, 2.05) is 38.1 Å². The fraction of sp³-hybridized carbons (Fsp3) is 0.500. The molecule has 0 fully saturated rings. The molecule has 1 aromatic rings. The largest absolute Gasteiger partial charge is 0.494 e. The summed E-state index contributed by atoms with van der Waals surface area (Å²) in [4.78, 5) is 11.7. The molecule has 18 heavy (non-hydrogen) atoms. The van der Waals surface area contributed by atoms with Crippen LogP contribution < -0.4 is 15.4 Å². The Morgan fingerprint density at radius 3 is 2.67 bits per heavy atom. The van der Waals surface area contributed by atoms with Crippen molar-refractivity contribution in [2.45, 2.75) is 33.7 Å². The van der Waals surface area contributed by atoms with Gasteiger partial charge in [-0.25, -0.2) is 4.79 Å². The summed E-state index contributed by atoms with van der Waals surface area (Å²) in [6.07, 6.45) is 0. The summed E-state index contributed by atoms with van der Waals surface area (Å²) in [7, 11) is 0. The first-order valence-corrected chi connectivity index (χ1v) is 6.33. The van der Waals surface area contributed by atoms with E-state index in [2.05, 4.69) is 24.5 Å². The maximum absolute atomic E-state index is 11.7. The highest BCUT2D eigenvalue weighted by Crippen LogP contribution is 2.17. The monoisotopic (exact) mass is 250 g/mol. The van der Waals surface area contributed by atoms with E-state index in [9.17, 15) is 4.79 Å². The van der Waals surface area contributed by atoms with Crippen LogP contribution in [0.5, 0.6) is 5.75 Å². The second-order valence-electron chi connectivity index (χ2n) is 4.59. The molecule has 0 radical (unpaired) electrons. The van der Waals surface area contributed by atoms with Crippen molar-refractivity contribution in [3.8, 4) is 5.75 Å². The van der Waals surface area contributed by atoms with Gasteiger partial charge in [0.15, 0.2) is 0 Å². The first kappa shape index (κ1) is 14.4. The fourth-order valence-electron chi connectivity index (χ4n) is 1.37. The standard InChI is InChI=1S/C14H22N2O2/c1-5-18-13-8-6-7-12(9-13)16-14(17)15-11(4)10(2)3/h6-11H,5H2,1-4H3,(H2,15,16,17). The number of urea groups is 1. The number of hydrogen-bond donors (Lipinski definition) is 2. The minimum Gasteiger partial charge on any atom is -0.494 e. The maximum atomic E-state index is 11.7. The fourth-order valence-corrected chi connectivity index (χ4v) is 1.37. The zero-order valence-electron chi connectivity index (χ0n) is 11.5. The summed E-state index contributed by atoms with van der Waals surface area (Å²) in [5, 5.41) is 5.68. The number of carbonyl (C=O) groups excluding carboxylic acids is 1. The van der Waals surface area contributed by atoms with Crippen LogP contribution in [0.2, 0.25) is 0 Å². The summed E-state index contributed by atoms with van der Waals surface area (Å²) in [6.45, 7) is 8.67. The van der Waals surface area contributed by atoms with E-state index in [1.54, 1.807) is 0 Å². The molecule has 0 saturated heterocycles. The second-order valence-corrected chi connectivity index (χ2v) is 4.59. The van der Waals surface area contributed by atoms with Crippen LogP contribution in [0.1, 0.15) is 27.7 Å². The van der Waals surface area contributed by atoms with Crippen LogP contribution >= 0.6 is 0 Å². The Kier molecular flexibility index (Phi) is 5.49. The van der Waals surface area contributed by atoms with Crippen molar-refractivity contribution in [3.63, 3.8) is 0 Å². The molecular formula is C14H22N2O2. The highest BCUT2D eigenvalue weighted by atomic mass is 16.5. The Labute approximate surface area is 109 Å². The molecule has 0 aliphatic carbocycles. The van der Waals surface area contributed by atoms with Crippen molar-refractivity contribution >= 4 is 11.7 Å². The molecule has 1 aromatic carbocycles. The Bertz CT molecular complexity index is 391. The Morgan fingerprint density at radius 1 is 1.33 bits per heavy atom. The second kappa shape index (κ2) is 6.89. The van der Waals surface area contributed by atoms with Crippen LogP contribution in [0.3, 0.4) is 0 Å². The number of anilines is 1. The van der Waals surface area contributed by atoms with Crippen LogP contribution in [0.15, 0.2) is 24.3 Å². The van der Waals surface area contributed by atoms with Crippen molar-refractivity contribution in [2.24, 2.45) is 5.92 Å². The molecule has 2 N–H and O–H groups in total. The molecule has 2 amide bonds. The van der Waals surface area contributed by atoms with Crippen molar-refractivity contribution in [1.82, 2.24) is 5.32 Å². The summed E-state index contributed by atoms with van der Waals surface area (Å²) in [6, 6.07) is 7.31. The lowest BCUT2D eigenvalue weighted by molar-refractivity contribution is 0.246. The third-order valence-corrected chi connectivity index (χ3v) is 2.76. The Balaban J connectivity index is 2.56. The lowest BCUT2D eigenvalue weighted by Gasteiger charge is -2.18. The number of benzene rings is 1. The molecular weight excluding hydrogens is 228 g/mol. The van der Waals surface area contributed by atoms with Crippen molar-refractivity contribution < 1.29 is 9.53 Å². The van der Waals surface area contributed by atoms with Crippen LogP contribution in [-0.4, -0.2) is 18.7 Å². The quantitative estimate of drug-likeness (QED) is 0.842. The van der Waals surface area contributed by atoms with Gasteiger partial charge in [-0.1, -0.05) is 19.9 Å². The summed E-state index contributed by atoms with van der Waals surface area (Å²) in [5.41, 5.74) is 0.731. The van der Waals surface area contributed by atoms with Gasteiger partial charge >= 0.3 is 6.03 Å². The van der Waals surface area contributed by atoms with E-state index in [-0.39, 0.29) is 12.1 Å². The predicted molar refractivity (Wildman–Crippen MR) is 74.1 cm³/mol. The molecule has 0 spiro atoms. The highest BCUT2D eigenvalue weighted by molar-refractivity contribution is 5.89. The van der Waals surface area contributed by atoms with E-state index in [0.717, 1.165) is 11.4 Å². The predicted octanol–water partition coefficient (Wildman–Crippen LogP) is 3.25. The maximum Gasteiger partial charge on any atom is 0.319 e. The zero-order valence-corrected chi connectivity index (χ0v) is 11.5. The van der Waals surface area contributed by atoms with Gasteiger partial charge in [0.25, 0.3) is 0 Å². The minimum absolute atomic E-state index is 0.139. The first-order valence-electron chi connectivity index (χ1n) is 6.33. The molecule has 0 bridgehead atoms. The van der Waals surface area contributed by atoms with Gasteiger partial charge in [0.1, 0.15) is 5.75 Å². The molecule has 4 nitrogen and oxygen atoms in total. The number of nitrogens with one attached hydrogen (secondary N) is 2. The van der Waals surface area contributed by atoms with Gasteiger partial charge in [0, 0.05) is 17.8 Å². The number of ether oxygens (including phenoxy) is 1. The van der Waals surface area contributed by atoms with Gasteiger partial charge in [0.05, 0.1) is 6.61 Å². The number of amides is 2. The molecule has 0 heterocycles. The SMILES string of the molecule is CCOc1cccc(NC(=O)NC(C)C(C)C)c1. The van der Waals surface area contributed by atoms with Gasteiger partial charge in [0.2, 0.25) is 0 Å². The van der Waals surface area contributed by atoms with Crippen LogP contribution in [-0.2, 0) is 0 Å². The van der Waals surface area contributed by atoms with Gasteiger partial charge in [-0.15, -0.1) is 0 Å². The first-order chi connectivity index (χ1) is 8.52. The van der Waals surface area contributed by atoms with Gasteiger partial charge in [-0.2, -0.15) is 0 Å². The average molecular weight is 250 g/mol. The molecule has 1 rings (SSSR count). The van der Waals surface area contributed by atoms with Gasteiger partial charge in [-0.3, -0.25) is 0 Å². The summed E-state index contributed by atoms with van der Waals surface area (Å²) < 4.78 is 5.38. The van der Waals surface area contributed by atoms with Crippen molar-refractivity contribution in [1.29, 1.82) is 0 Å². The molecule has 1 unspecified atom stereocenters. The topological polar surface area (TPSA) is 50.4 Å².